The molecule has 10 heteroatoms. The zero-order valence-electron chi connectivity index (χ0n) is 11.3. The Bertz CT molecular complexity index is 893. The molecule has 23 heavy (non-hydrogen) atoms. The van der Waals surface area contributed by atoms with E-state index in [-0.39, 0.29) is 5.69 Å². The fourth-order valence-electron chi connectivity index (χ4n) is 1.78. The molecule has 0 aromatic heterocycles. The molecule has 0 aliphatic rings. The minimum Gasteiger partial charge on any atom is -0.507 e. The summed E-state index contributed by atoms with van der Waals surface area (Å²) in [5.41, 5.74) is -1.31. The number of carbonyl (C=O) groups is 1. The molecule has 0 amide bonds. The molecule has 2 aromatic rings. The summed E-state index contributed by atoms with van der Waals surface area (Å²) < 4.78 is 26.5. The first-order valence-corrected chi connectivity index (χ1v) is 7.53. The van der Waals surface area contributed by atoms with Gasteiger partial charge in [-0.3, -0.25) is 14.8 Å². The van der Waals surface area contributed by atoms with Gasteiger partial charge in [-0.25, -0.2) is 13.2 Å². The Morgan fingerprint density at radius 2 is 1.83 bits per heavy atom. The second kappa shape index (κ2) is 5.93. The normalized spacial score (nSPS) is 11.0. The lowest BCUT2D eigenvalue weighted by atomic mass is 10.2. The molecule has 0 aliphatic carbocycles. The summed E-state index contributed by atoms with van der Waals surface area (Å²) in [5.74, 6) is -2.10. The van der Waals surface area contributed by atoms with E-state index in [0.29, 0.717) is 0 Å². The summed E-state index contributed by atoms with van der Waals surface area (Å²) in [6, 6.07) is 7.76. The molecule has 0 bridgehead atoms. The van der Waals surface area contributed by atoms with Crippen molar-refractivity contribution in [1.82, 2.24) is 0 Å². The van der Waals surface area contributed by atoms with Gasteiger partial charge in [-0.05, 0) is 24.3 Å². The quantitative estimate of drug-likeness (QED) is 0.556. The van der Waals surface area contributed by atoms with Gasteiger partial charge in [0.25, 0.3) is 15.7 Å². The number of aromatic hydroxyl groups is 1. The van der Waals surface area contributed by atoms with Gasteiger partial charge >= 0.3 is 5.97 Å². The molecule has 0 unspecified atom stereocenters. The van der Waals surface area contributed by atoms with Gasteiger partial charge in [0.15, 0.2) is 0 Å². The first kappa shape index (κ1) is 16.2. The molecule has 2 rings (SSSR count). The number of anilines is 1. The van der Waals surface area contributed by atoms with Crippen LogP contribution in [0.4, 0.5) is 11.4 Å². The average Bonchev–Trinajstić information content (AvgIpc) is 2.47. The summed E-state index contributed by atoms with van der Waals surface area (Å²) in [6.45, 7) is 0. The van der Waals surface area contributed by atoms with Crippen molar-refractivity contribution in [3.05, 3.63) is 58.1 Å². The highest BCUT2D eigenvalue weighted by atomic mass is 32.2. The van der Waals surface area contributed by atoms with Crippen molar-refractivity contribution in [3.8, 4) is 5.75 Å². The number of sulfonamides is 1. The van der Waals surface area contributed by atoms with Crippen LogP contribution >= 0.6 is 0 Å². The van der Waals surface area contributed by atoms with Crippen LogP contribution in [0, 0.1) is 10.1 Å². The summed E-state index contributed by atoms with van der Waals surface area (Å²) in [4.78, 5) is 20.6. The highest BCUT2D eigenvalue weighted by Gasteiger charge is 2.22. The molecule has 0 saturated heterocycles. The Hall–Kier alpha value is -3.14. The molecule has 9 nitrogen and oxygen atoms in total. The van der Waals surface area contributed by atoms with Crippen molar-refractivity contribution in [2.45, 2.75) is 4.90 Å². The maximum atomic E-state index is 12.3. The van der Waals surface area contributed by atoms with Gasteiger partial charge < -0.3 is 10.2 Å². The van der Waals surface area contributed by atoms with Gasteiger partial charge in [-0.1, -0.05) is 12.1 Å². The van der Waals surface area contributed by atoms with E-state index in [2.05, 4.69) is 0 Å². The van der Waals surface area contributed by atoms with Crippen molar-refractivity contribution < 1.29 is 28.3 Å². The lowest BCUT2D eigenvalue weighted by Crippen LogP contribution is -2.14. The Kier molecular flexibility index (Phi) is 4.18. The van der Waals surface area contributed by atoms with E-state index >= 15 is 0 Å². The predicted molar refractivity (Wildman–Crippen MR) is 79.0 cm³/mol. The molecule has 0 radical (unpaired) electrons. The van der Waals surface area contributed by atoms with Crippen LogP contribution in [0.15, 0.2) is 47.4 Å². The van der Waals surface area contributed by atoms with Crippen LogP contribution in [0.2, 0.25) is 0 Å². The van der Waals surface area contributed by atoms with Crippen molar-refractivity contribution >= 4 is 27.4 Å². The van der Waals surface area contributed by atoms with Crippen LogP contribution < -0.4 is 4.72 Å². The third-order valence-corrected chi connectivity index (χ3v) is 4.22. The van der Waals surface area contributed by atoms with E-state index in [9.17, 15) is 28.4 Å². The van der Waals surface area contributed by atoms with E-state index in [1.807, 2.05) is 4.72 Å². The second-order valence-corrected chi connectivity index (χ2v) is 6.05. The van der Waals surface area contributed by atoms with Gasteiger partial charge in [0.2, 0.25) is 0 Å². The zero-order chi connectivity index (χ0) is 17.2. The van der Waals surface area contributed by atoms with E-state index in [4.69, 9.17) is 5.11 Å². The lowest BCUT2D eigenvalue weighted by Gasteiger charge is -2.09. The van der Waals surface area contributed by atoms with E-state index < -0.39 is 42.8 Å². The first-order valence-electron chi connectivity index (χ1n) is 6.05. The number of carboxylic acid groups (broad SMARTS) is 1. The standard InChI is InChI=1S/C13H10N2O7S/c16-12-6-5-8(7-9(12)13(17)18)23(21,22)14-10-3-1-2-4-11(10)15(19)20/h1-7,14,16H,(H,17,18). The fourth-order valence-corrected chi connectivity index (χ4v) is 2.88. The maximum Gasteiger partial charge on any atom is 0.339 e. The Morgan fingerprint density at radius 3 is 2.43 bits per heavy atom. The van der Waals surface area contributed by atoms with Crippen LogP contribution in [0.25, 0.3) is 0 Å². The highest BCUT2D eigenvalue weighted by molar-refractivity contribution is 7.92. The smallest absolute Gasteiger partial charge is 0.339 e. The number of benzene rings is 2. The van der Waals surface area contributed by atoms with Crippen molar-refractivity contribution in [1.29, 1.82) is 0 Å². The topological polar surface area (TPSA) is 147 Å². The molecule has 0 aliphatic heterocycles. The zero-order valence-corrected chi connectivity index (χ0v) is 12.1. The van der Waals surface area contributed by atoms with Gasteiger partial charge in [-0.2, -0.15) is 0 Å². The molecule has 0 fully saturated rings. The highest BCUT2D eigenvalue weighted by Crippen LogP contribution is 2.27. The second-order valence-electron chi connectivity index (χ2n) is 4.36. The van der Waals surface area contributed by atoms with Crippen LogP contribution in [-0.4, -0.2) is 29.5 Å². The molecular formula is C13H10N2O7S. The minimum atomic E-state index is -4.27. The lowest BCUT2D eigenvalue weighted by molar-refractivity contribution is -0.383. The third-order valence-electron chi connectivity index (χ3n) is 2.85. The first-order chi connectivity index (χ1) is 10.7. The number of aromatic carboxylic acids is 1. The van der Waals surface area contributed by atoms with Crippen LogP contribution in [0.3, 0.4) is 0 Å². The number of nitrogens with zero attached hydrogens (tertiary/aromatic N) is 1. The van der Waals surface area contributed by atoms with Crippen molar-refractivity contribution in [2.75, 3.05) is 4.72 Å². The largest absolute Gasteiger partial charge is 0.507 e. The molecular weight excluding hydrogens is 328 g/mol. The SMILES string of the molecule is O=C(O)c1cc(S(=O)(=O)Nc2ccccc2[N+](=O)[O-])ccc1O. The number of hydrogen-bond donors (Lipinski definition) is 3. The molecule has 3 N–H and O–H groups in total. The molecule has 0 spiro atoms. The number of nitro groups is 1. The fraction of sp³-hybridized carbons (Fsp3) is 0. The van der Waals surface area contributed by atoms with Crippen LogP contribution in [-0.2, 0) is 10.0 Å². The molecule has 0 heterocycles. The van der Waals surface area contributed by atoms with Crippen molar-refractivity contribution in [2.24, 2.45) is 0 Å². The summed E-state index contributed by atoms with van der Waals surface area (Å²) in [5, 5.41) is 29.2. The minimum absolute atomic E-state index is 0.262. The van der Waals surface area contributed by atoms with Gasteiger partial charge in [-0.15, -0.1) is 0 Å². The van der Waals surface area contributed by atoms with Crippen LogP contribution in [0.5, 0.6) is 5.75 Å². The number of nitro benzene ring substituents is 1. The monoisotopic (exact) mass is 338 g/mol. The average molecular weight is 338 g/mol. The number of nitrogens with one attached hydrogen (secondary N) is 1. The number of carboxylic acids is 1. The molecule has 2 aromatic carbocycles. The molecule has 0 saturated carbocycles. The number of para-hydroxylation sites is 2. The Morgan fingerprint density at radius 1 is 1.17 bits per heavy atom. The number of phenols is 1. The summed E-state index contributed by atoms with van der Waals surface area (Å²) in [6.07, 6.45) is 0. The molecule has 120 valence electrons. The van der Waals surface area contributed by atoms with Crippen molar-refractivity contribution in [3.63, 3.8) is 0 Å². The number of rotatable bonds is 5. The van der Waals surface area contributed by atoms with Gasteiger partial charge in [0.1, 0.15) is 17.0 Å². The summed E-state index contributed by atoms with van der Waals surface area (Å²) in [7, 11) is -4.27. The van der Waals surface area contributed by atoms with E-state index in [0.717, 1.165) is 24.3 Å². The van der Waals surface area contributed by atoms with E-state index in [1.165, 1.54) is 18.2 Å². The number of hydrogen-bond acceptors (Lipinski definition) is 6. The van der Waals surface area contributed by atoms with E-state index in [1.54, 1.807) is 0 Å². The summed E-state index contributed by atoms with van der Waals surface area (Å²) >= 11 is 0. The van der Waals surface area contributed by atoms with Gasteiger partial charge in [0.05, 0.1) is 9.82 Å². The Balaban J connectivity index is 2.47. The predicted octanol–water partition coefficient (Wildman–Crippen LogP) is 1.80. The third kappa shape index (κ3) is 3.37. The molecule has 0 atom stereocenters. The van der Waals surface area contributed by atoms with Gasteiger partial charge in [0, 0.05) is 6.07 Å². The Labute approximate surface area is 130 Å². The maximum absolute atomic E-state index is 12.3. The van der Waals surface area contributed by atoms with Crippen LogP contribution in [0.1, 0.15) is 10.4 Å².